The topological polar surface area (TPSA) is 105 Å². The van der Waals surface area contributed by atoms with Gasteiger partial charge in [0, 0.05) is 12.8 Å². The zero-order valence-electron chi connectivity index (χ0n) is 16.8. The minimum Gasteiger partial charge on any atom is -0.424 e. The molecule has 0 bridgehead atoms. The van der Waals surface area contributed by atoms with E-state index in [4.69, 9.17) is 20.9 Å². The van der Waals surface area contributed by atoms with E-state index in [1.165, 1.54) is 0 Å². The Balaban J connectivity index is 1.45. The van der Waals surface area contributed by atoms with Crippen LogP contribution in [0.2, 0.25) is 0 Å². The summed E-state index contributed by atoms with van der Waals surface area (Å²) in [7, 11) is 0. The van der Waals surface area contributed by atoms with Gasteiger partial charge in [0.25, 0.3) is 0 Å². The Hall–Kier alpha value is -3.02. The normalized spacial score (nSPS) is 10.5. The number of nitrogen functional groups attached to an aromatic ring is 2. The van der Waals surface area contributed by atoms with E-state index < -0.39 is 0 Å². The van der Waals surface area contributed by atoms with E-state index in [0.717, 1.165) is 44.9 Å². The van der Waals surface area contributed by atoms with E-state index >= 15 is 0 Å². The van der Waals surface area contributed by atoms with E-state index in [1.807, 2.05) is 0 Å². The summed E-state index contributed by atoms with van der Waals surface area (Å²) in [6.45, 7) is 0. The highest BCUT2D eigenvalue weighted by atomic mass is 16.5. The number of nitrogens with two attached hydrogens (primary N) is 2. The van der Waals surface area contributed by atoms with Gasteiger partial charge in [-0.25, -0.2) is 0 Å². The van der Waals surface area contributed by atoms with Gasteiger partial charge in [0.1, 0.15) is 0 Å². The second kappa shape index (κ2) is 12.4. The van der Waals surface area contributed by atoms with Crippen LogP contribution in [0.1, 0.15) is 57.8 Å². The van der Waals surface area contributed by atoms with Crippen molar-refractivity contribution in [2.75, 3.05) is 11.5 Å². The molecule has 0 spiro atoms. The summed E-state index contributed by atoms with van der Waals surface area (Å²) in [5, 5.41) is 0. The van der Waals surface area contributed by atoms with Gasteiger partial charge in [-0.3, -0.25) is 9.59 Å². The number of benzene rings is 2. The van der Waals surface area contributed by atoms with E-state index in [2.05, 4.69) is 0 Å². The van der Waals surface area contributed by atoms with E-state index in [1.54, 1.807) is 48.5 Å². The Kier molecular flexibility index (Phi) is 9.55. The van der Waals surface area contributed by atoms with Crippen molar-refractivity contribution in [2.24, 2.45) is 0 Å². The van der Waals surface area contributed by atoms with Gasteiger partial charge in [-0.15, -0.1) is 0 Å². The summed E-state index contributed by atoms with van der Waals surface area (Å²) in [5.41, 5.74) is 12.4. The number of unbranched alkanes of at least 4 members (excludes halogenated alkanes) is 6. The maximum Gasteiger partial charge on any atom is 0.311 e. The minimum absolute atomic E-state index is 0.250. The number of hydrogen-bond donors (Lipinski definition) is 2. The lowest BCUT2D eigenvalue weighted by Gasteiger charge is -2.07. The fourth-order valence-corrected chi connectivity index (χ4v) is 2.92. The van der Waals surface area contributed by atoms with Gasteiger partial charge in [-0.05, 0) is 37.1 Å². The maximum atomic E-state index is 11.8. The van der Waals surface area contributed by atoms with Crippen molar-refractivity contribution in [2.45, 2.75) is 57.8 Å². The molecule has 0 saturated heterocycles. The molecule has 0 amide bonds. The summed E-state index contributed by atoms with van der Waals surface area (Å²) >= 11 is 0. The van der Waals surface area contributed by atoms with E-state index in [0.29, 0.717) is 35.7 Å². The molecule has 0 aliphatic rings. The molecule has 0 aromatic heterocycles. The van der Waals surface area contributed by atoms with Crippen LogP contribution in [0.25, 0.3) is 0 Å². The molecule has 2 rings (SSSR count). The molecular formula is C23H30N2O4. The van der Waals surface area contributed by atoms with Crippen LogP contribution < -0.4 is 20.9 Å². The van der Waals surface area contributed by atoms with Crippen LogP contribution in [0, 0.1) is 0 Å². The van der Waals surface area contributed by atoms with Gasteiger partial charge in [-0.1, -0.05) is 56.4 Å². The average molecular weight is 399 g/mol. The van der Waals surface area contributed by atoms with Gasteiger partial charge >= 0.3 is 11.9 Å². The van der Waals surface area contributed by atoms with Crippen molar-refractivity contribution >= 4 is 23.3 Å². The lowest BCUT2D eigenvalue weighted by Crippen LogP contribution is -2.09. The van der Waals surface area contributed by atoms with Gasteiger partial charge in [-0.2, -0.15) is 0 Å². The number of rotatable bonds is 12. The first kappa shape index (κ1) is 22.3. The summed E-state index contributed by atoms with van der Waals surface area (Å²) < 4.78 is 10.5. The Labute approximate surface area is 172 Å². The van der Waals surface area contributed by atoms with Gasteiger partial charge in [0.2, 0.25) is 0 Å². The number of hydrogen-bond acceptors (Lipinski definition) is 6. The van der Waals surface area contributed by atoms with Crippen molar-refractivity contribution in [3.05, 3.63) is 48.5 Å². The first-order valence-corrected chi connectivity index (χ1v) is 10.2. The standard InChI is InChI=1S/C23H30N2O4/c24-18-12-8-10-14-20(18)28-22(26)16-6-4-2-1-3-5-7-17-23(27)29-21-15-11-9-13-19(21)25/h8-15H,1-7,16-17,24-25H2. The largest absolute Gasteiger partial charge is 0.424 e. The minimum atomic E-state index is -0.250. The molecule has 4 N–H and O–H groups in total. The van der Waals surface area contributed by atoms with Crippen molar-refractivity contribution in [1.82, 2.24) is 0 Å². The van der Waals surface area contributed by atoms with Gasteiger partial charge in [0.15, 0.2) is 11.5 Å². The number of ether oxygens (including phenoxy) is 2. The quantitative estimate of drug-likeness (QED) is 0.229. The summed E-state index contributed by atoms with van der Waals surface area (Å²) in [6, 6.07) is 14.0. The first-order chi connectivity index (χ1) is 14.1. The highest BCUT2D eigenvalue weighted by Gasteiger charge is 2.08. The van der Waals surface area contributed by atoms with Gasteiger partial charge < -0.3 is 20.9 Å². The number of carbonyl (C=O) groups is 2. The van der Waals surface area contributed by atoms with Crippen LogP contribution in [-0.4, -0.2) is 11.9 Å². The first-order valence-electron chi connectivity index (χ1n) is 10.2. The molecule has 0 aliphatic heterocycles. The molecule has 0 heterocycles. The van der Waals surface area contributed by atoms with Crippen LogP contribution in [-0.2, 0) is 9.59 Å². The predicted octanol–water partition coefficient (Wildman–Crippen LogP) is 4.87. The third kappa shape index (κ3) is 8.68. The summed E-state index contributed by atoms with van der Waals surface area (Å²) in [5.74, 6) is 0.345. The number of anilines is 2. The second-order valence-corrected chi connectivity index (χ2v) is 7.00. The molecule has 0 unspecified atom stereocenters. The molecule has 0 radical (unpaired) electrons. The van der Waals surface area contributed by atoms with Crippen molar-refractivity contribution in [3.63, 3.8) is 0 Å². The summed E-state index contributed by atoms with van der Waals surface area (Å²) in [4.78, 5) is 23.7. The molecule has 0 aliphatic carbocycles. The molecule has 6 heteroatoms. The second-order valence-electron chi connectivity index (χ2n) is 7.00. The molecular weight excluding hydrogens is 368 g/mol. The zero-order valence-corrected chi connectivity index (χ0v) is 16.8. The maximum absolute atomic E-state index is 11.8. The number of para-hydroxylation sites is 4. The molecule has 0 saturated carbocycles. The van der Waals surface area contributed by atoms with E-state index in [9.17, 15) is 9.59 Å². The lowest BCUT2D eigenvalue weighted by atomic mass is 10.1. The Bertz CT molecular complexity index is 726. The monoisotopic (exact) mass is 398 g/mol. The van der Waals surface area contributed by atoms with Crippen LogP contribution in [0.4, 0.5) is 11.4 Å². The third-order valence-corrected chi connectivity index (χ3v) is 4.55. The fourth-order valence-electron chi connectivity index (χ4n) is 2.92. The predicted molar refractivity (Wildman–Crippen MR) is 115 cm³/mol. The van der Waals surface area contributed by atoms with Crippen molar-refractivity contribution in [1.29, 1.82) is 0 Å². The van der Waals surface area contributed by atoms with Crippen LogP contribution in [0.3, 0.4) is 0 Å². The molecule has 6 nitrogen and oxygen atoms in total. The lowest BCUT2D eigenvalue weighted by molar-refractivity contribution is -0.135. The molecule has 0 fully saturated rings. The summed E-state index contributed by atoms with van der Waals surface area (Å²) in [6.07, 6.45) is 7.56. The number of esters is 2. The zero-order chi connectivity index (χ0) is 20.9. The van der Waals surface area contributed by atoms with Gasteiger partial charge in [0.05, 0.1) is 11.4 Å². The molecule has 2 aromatic carbocycles. The smallest absolute Gasteiger partial charge is 0.311 e. The Morgan fingerprint density at radius 3 is 1.31 bits per heavy atom. The van der Waals surface area contributed by atoms with Crippen LogP contribution in [0.5, 0.6) is 11.5 Å². The van der Waals surface area contributed by atoms with E-state index in [-0.39, 0.29) is 11.9 Å². The number of carbonyl (C=O) groups excluding carboxylic acids is 2. The van der Waals surface area contributed by atoms with Crippen molar-refractivity contribution < 1.29 is 19.1 Å². The molecule has 2 aromatic rings. The van der Waals surface area contributed by atoms with Crippen molar-refractivity contribution in [3.8, 4) is 11.5 Å². The third-order valence-electron chi connectivity index (χ3n) is 4.55. The molecule has 0 atom stereocenters. The Morgan fingerprint density at radius 1 is 0.586 bits per heavy atom. The highest BCUT2D eigenvalue weighted by Crippen LogP contribution is 2.21. The average Bonchev–Trinajstić information content (AvgIpc) is 2.70. The fraction of sp³-hybridized carbons (Fsp3) is 0.391. The van der Waals surface area contributed by atoms with Crippen LogP contribution >= 0.6 is 0 Å². The SMILES string of the molecule is Nc1ccccc1OC(=O)CCCCCCCCCC(=O)Oc1ccccc1N. The van der Waals surface area contributed by atoms with Crippen LogP contribution in [0.15, 0.2) is 48.5 Å². The molecule has 156 valence electrons. The highest BCUT2D eigenvalue weighted by molar-refractivity contribution is 5.75. The Morgan fingerprint density at radius 2 is 0.931 bits per heavy atom. The molecule has 29 heavy (non-hydrogen) atoms.